The van der Waals surface area contributed by atoms with Crippen molar-refractivity contribution in [2.24, 2.45) is 0 Å². The van der Waals surface area contributed by atoms with Crippen molar-refractivity contribution in [2.45, 2.75) is 5.41 Å². The molecule has 0 amide bonds. The molecule has 0 bridgehead atoms. The fourth-order valence-electron chi connectivity index (χ4n) is 8.88. The molecular weight excluding hydrogens is 669 g/mol. The van der Waals surface area contributed by atoms with Gasteiger partial charge in [0.05, 0.1) is 5.41 Å². The monoisotopic (exact) mass is 700 g/mol. The number of nitrogens with zero attached hydrogens (tertiary/aromatic N) is 4. The summed E-state index contributed by atoms with van der Waals surface area (Å²) in [5.74, 6) is 1.90. The quantitative estimate of drug-likeness (QED) is 0.179. The molecule has 2 aliphatic carbocycles. The van der Waals surface area contributed by atoms with E-state index in [-0.39, 0.29) is 5.41 Å². The largest absolute Gasteiger partial charge is 0.264 e. The van der Waals surface area contributed by atoms with Gasteiger partial charge in [-0.2, -0.15) is 0 Å². The lowest BCUT2D eigenvalue weighted by atomic mass is 9.70. The molecule has 2 aliphatic rings. The summed E-state index contributed by atoms with van der Waals surface area (Å²) in [5.41, 5.74) is 17.5. The van der Waals surface area contributed by atoms with Gasteiger partial charge in [0.15, 0.2) is 17.5 Å². The molecule has 0 saturated heterocycles. The lowest BCUT2D eigenvalue weighted by molar-refractivity contribution is 0.794. The molecule has 11 rings (SSSR count). The number of benzene rings is 7. The van der Waals surface area contributed by atoms with Gasteiger partial charge in [0.2, 0.25) is 0 Å². The zero-order valence-electron chi connectivity index (χ0n) is 29.8. The highest BCUT2D eigenvalue weighted by Gasteiger charge is 2.51. The van der Waals surface area contributed by atoms with E-state index in [4.69, 9.17) is 15.0 Å². The predicted molar refractivity (Wildman–Crippen MR) is 221 cm³/mol. The number of fused-ring (bicyclic) bond motifs is 10. The number of pyridine rings is 1. The molecule has 2 heterocycles. The Morgan fingerprint density at radius 1 is 0.291 bits per heavy atom. The minimum atomic E-state index is -0.375. The van der Waals surface area contributed by atoms with Gasteiger partial charge in [0.25, 0.3) is 0 Å². The van der Waals surface area contributed by atoms with Crippen LogP contribution in [0.3, 0.4) is 0 Å². The SMILES string of the molecule is c1ccc(-c2nc(-c3ccc(-c4cccnc4)cc3)nc(-c3ccc(-c4cccc5c4-c4ccccc4C54c5ccccc5-c5ccccc54)cc3)n2)cc1. The standard InChI is InChI=1S/C51H32N4/c1-2-12-35(13-3-1)48-53-49(36-27-23-33(24-28-36)38-14-11-31-52-32-38)55-50(54-48)37-29-25-34(26-30-37)39-18-10-22-46-47(39)42-17-6-9-21-45(42)51(46)43-19-7-4-15-40(43)41-16-5-8-20-44(41)51/h1-32H. The number of hydrogen-bond acceptors (Lipinski definition) is 4. The van der Waals surface area contributed by atoms with Crippen molar-refractivity contribution in [1.82, 2.24) is 19.9 Å². The van der Waals surface area contributed by atoms with Gasteiger partial charge in [0.1, 0.15) is 0 Å². The van der Waals surface area contributed by atoms with Crippen molar-refractivity contribution in [2.75, 3.05) is 0 Å². The van der Waals surface area contributed by atoms with Crippen molar-refractivity contribution >= 4 is 0 Å². The van der Waals surface area contributed by atoms with Crippen LogP contribution >= 0.6 is 0 Å². The fourth-order valence-corrected chi connectivity index (χ4v) is 8.88. The molecule has 0 fully saturated rings. The normalized spacial score (nSPS) is 12.9. The van der Waals surface area contributed by atoms with Crippen LogP contribution in [-0.2, 0) is 5.41 Å². The summed E-state index contributed by atoms with van der Waals surface area (Å²) in [5, 5.41) is 0. The summed E-state index contributed by atoms with van der Waals surface area (Å²) in [6, 6.07) is 64.9. The van der Waals surface area contributed by atoms with E-state index in [9.17, 15) is 0 Å². The average molecular weight is 701 g/mol. The third kappa shape index (κ3) is 4.78. The van der Waals surface area contributed by atoms with E-state index in [0.717, 1.165) is 33.4 Å². The minimum absolute atomic E-state index is 0.375. The minimum Gasteiger partial charge on any atom is -0.264 e. The molecular formula is C51H32N4. The van der Waals surface area contributed by atoms with E-state index in [0.29, 0.717) is 17.5 Å². The fraction of sp³-hybridized carbons (Fsp3) is 0.0196. The van der Waals surface area contributed by atoms with Gasteiger partial charge in [-0.25, -0.2) is 15.0 Å². The highest BCUT2D eigenvalue weighted by molar-refractivity contribution is 6.00. The summed E-state index contributed by atoms with van der Waals surface area (Å²) in [7, 11) is 0. The third-order valence-electron chi connectivity index (χ3n) is 11.3. The Kier molecular flexibility index (Phi) is 7.04. The lowest BCUT2D eigenvalue weighted by Crippen LogP contribution is -2.25. The topological polar surface area (TPSA) is 51.6 Å². The van der Waals surface area contributed by atoms with Gasteiger partial charge < -0.3 is 0 Å². The second kappa shape index (κ2) is 12.4. The maximum Gasteiger partial charge on any atom is 0.164 e. The van der Waals surface area contributed by atoms with Gasteiger partial charge >= 0.3 is 0 Å². The second-order valence-corrected chi connectivity index (χ2v) is 14.2. The van der Waals surface area contributed by atoms with Crippen molar-refractivity contribution < 1.29 is 0 Å². The summed E-state index contributed by atoms with van der Waals surface area (Å²) in [6.45, 7) is 0. The Morgan fingerprint density at radius 3 is 1.31 bits per heavy atom. The molecule has 256 valence electrons. The average Bonchev–Trinajstić information content (AvgIpc) is 3.75. The number of rotatable bonds is 5. The first-order valence-corrected chi connectivity index (χ1v) is 18.6. The highest BCUT2D eigenvalue weighted by atomic mass is 15.0. The summed E-state index contributed by atoms with van der Waals surface area (Å²) in [4.78, 5) is 19.3. The van der Waals surface area contributed by atoms with Crippen molar-refractivity contribution in [3.8, 4) is 78.7 Å². The maximum atomic E-state index is 5.05. The van der Waals surface area contributed by atoms with Crippen LogP contribution in [0.4, 0.5) is 0 Å². The first kappa shape index (κ1) is 31.2. The molecule has 0 aliphatic heterocycles. The third-order valence-corrected chi connectivity index (χ3v) is 11.3. The smallest absolute Gasteiger partial charge is 0.164 e. The summed E-state index contributed by atoms with van der Waals surface area (Å²) >= 11 is 0. The summed E-state index contributed by atoms with van der Waals surface area (Å²) < 4.78 is 0. The highest BCUT2D eigenvalue weighted by Crippen LogP contribution is 2.63. The Morgan fingerprint density at radius 2 is 0.727 bits per heavy atom. The molecule has 9 aromatic rings. The van der Waals surface area contributed by atoms with E-state index in [1.54, 1.807) is 6.20 Å². The van der Waals surface area contributed by atoms with Crippen molar-refractivity contribution in [3.05, 3.63) is 217 Å². The Hall–Kier alpha value is -7.30. The molecule has 7 aromatic carbocycles. The molecule has 4 heteroatoms. The molecule has 0 radical (unpaired) electrons. The van der Waals surface area contributed by atoms with Crippen LogP contribution < -0.4 is 0 Å². The zero-order chi connectivity index (χ0) is 36.3. The van der Waals surface area contributed by atoms with E-state index in [1.165, 1.54) is 50.1 Å². The zero-order valence-corrected chi connectivity index (χ0v) is 29.8. The van der Waals surface area contributed by atoms with E-state index in [1.807, 2.05) is 42.6 Å². The van der Waals surface area contributed by atoms with Gasteiger partial charge in [-0.05, 0) is 72.8 Å². The molecule has 55 heavy (non-hydrogen) atoms. The van der Waals surface area contributed by atoms with Gasteiger partial charge in [-0.3, -0.25) is 4.98 Å². The van der Waals surface area contributed by atoms with Gasteiger partial charge in [0, 0.05) is 29.1 Å². The molecule has 0 saturated carbocycles. The van der Waals surface area contributed by atoms with Gasteiger partial charge in [-0.15, -0.1) is 0 Å². The number of aromatic nitrogens is 4. The Labute approximate surface area is 319 Å². The molecule has 0 atom stereocenters. The van der Waals surface area contributed by atoms with Crippen LogP contribution in [0.25, 0.3) is 78.7 Å². The first-order chi connectivity index (χ1) is 27.3. The van der Waals surface area contributed by atoms with Gasteiger partial charge in [-0.1, -0.05) is 176 Å². The molecule has 0 N–H and O–H groups in total. The molecule has 0 unspecified atom stereocenters. The molecule has 1 spiro atoms. The van der Waals surface area contributed by atoms with Crippen LogP contribution in [0.2, 0.25) is 0 Å². The van der Waals surface area contributed by atoms with Crippen LogP contribution in [-0.4, -0.2) is 19.9 Å². The molecule has 2 aromatic heterocycles. The predicted octanol–water partition coefficient (Wildman–Crippen LogP) is 11.9. The first-order valence-electron chi connectivity index (χ1n) is 18.6. The van der Waals surface area contributed by atoms with E-state index in [2.05, 4.69) is 151 Å². The van der Waals surface area contributed by atoms with Crippen molar-refractivity contribution in [1.29, 1.82) is 0 Å². The van der Waals surface area contributed by atoms with E-state index < -0.39 is 0 Å². The summed E-state index contributed by atoms with van der Waals surface area (Å²) in [6.07, 6.45) is 3.66. The lowest BCUT2D eigenvalue weighted by Gasteiger charge is -2.30. The van der Waals surface area contributed by atoms with Crippen LogP contribution in [0.15, 0.2) is 194 Å². The van der Waals surface area contributed by atoms with Crippen LogP contribution in [0, 0.1) is 0 Å². The Balaban J connectivity index is 1.03. The second-order valence-electron chi connectivity index (χ2n) is 14.2. The Bertz CT molecular complexity index is 2850. The molecule has 4 nitrogen and oxygen atoms in total. The maximum absolute atomic E-state index is 5.05. The van der Waals surface area contributed by atoms with Crippen molar-refractivity contribution in [3.63, 3.8) is 0 Å². The van der Waals surface area contributed by atoms with Crippen LogP contribution in [0.5, 0.6) is 0 Å². The van der Waals surface area contributed by atoms with Crippen LogP contribution in [0.1, 0.15) is 22.3 Å². The number of hydrogen-bond donors (Lipinski definition) is 0. The van der Waals surface area contributed by atoms with E-state index >= 15 is 0 Å².